The van der Waals surface area contributed by atoms with E-state index in [1.165, 1.54) is 53.8 Å². The summed E-state index contributed by atoms with van der Waals surface area (Å²) in [5, 5.41) is 1.42. The Labute approximate surface area is 95.3 Å². The number of fused-ring (bicyclic) bond motifs is 3. The molecule has 0 atom stereocenters. The second kappa shape index (κ2) is 2.82. The predicted octanol–water partition coefficient (Wildman–Crippen LogP) is 3.17. The van der Waals surface area contributed by atoms with Crippen molar-refractivity contribution in [2.24, 2.45) is 0 Å². The second-order valence-corrected chi connectivity index (χ2v) is 5.20. The normalized spacial score (nSPS) is 19.4. The summed E-state index contributed by atoms with van der Waals surface area (Å²) in [6.45, 7) is 4.66. The van der Waals surface area contributed by atoms with Crippen LogP contribution in [-0.2, 0) is 0 Å². The van der Waals surface area contributed by atoms with Crippen molar-refractivity contribution in [3.63, 3.8) is 0 Å². The first-order valence-electron chi connectivity index (χ1n) is 6.20. The molecule has 1 saturated heterocycles. The van der Waals surface area contributed by atoms with Crippen LogP contribution in [0.4, 0.5) is 5.69 Å². The van der Waals surface area contributed by atoms with Crippen LogP contribution < -0.4 is 4.90 Å². The van der Waals surface area contributed by atoms with Crippen LogP contribution in [0.5, 0.6) is 0 Å². The number of piperidine rings is 1. The summed E-state index contributed by atoms with van der Waals surface area (Å²) >= 11 is 0. The lowest BCUT2D eigenvalue weighted by molar-refractivity contribution is 0.469. The van der Waals surface area contributed by atoms with Gasteiger partial charge in [0.1, 0.15) is 0 Å². The van der Waals surface area contributed by atoms with E-state index in [1.54, 1.807) is 0 Å². The van der Waals surface area contributed by atoms with Gasteiger partial charge in [0.2, 0.25) is 0 Å². The van der Waals surface area contributed by atoms with Gasteiger partial charge in [-0.2, -0.15) is 0 Å². The number of anilines is 1. The maximum absolute atomic E-state index is 3.65. The van der Waals surface area contributed by atoms with E-state index in [0.717, 1.165) is 5.92 Å². The Balaban J connectivity index is 2.07. The number of aromatic nitrogens is 1. The van der Waals surface area contributed by atoms with E-state index in [2.05, 4.69) is 35.0 Å². The summed E-state index contributed by atoms with van der Waals surface area (Å²) in [5.41, 5.74) is 5.66. The van der Waals surface area contributed by atoms with E-state index < -0.39 is 0 Å². The molecule has 16 heavy (non-hydrogen) atoms. The SMILES string of the molecule is Cc1ccc2c3c([nH]c2c1)C1CCN3CC1. The van der Waals surface area contributed by atoms with Crippen molar-refractivity contribution in [3.05, 3.63) is 29.5 Å². The number of aryl methyl sites for hydroxylation is 1. The molecule has 3 aliphatic rings. The van der Waals surface area contributed by atoms with Gasteiger partial charge in [-0.3, -0.25) is 0 Å². The number of rotatable bonds is 0. The van der Waals surface area contributed by atoms with Gasteiger partial charge in [-0.25, -0.2) is 0 Å². The van der Waals surface area contributed by atoms with E-state index in [1.807, 2.05) is 0 Å². The molecule has 0 unspecified atom stereocenters. The Kier molecular flexibility index (Phi) is 1.53. The zero-order valence-electron chi connectivity index (χ0n) is 9.59. The molecule has 1 N–H and O–H groups in total. The lowest BCUT2D eigenvalue weighted by Crippen LogP contribution is -2.38. The fourth-order valence-electron chi connectivity index (χ4n) is 3.35. The highest BCUT2D eigenvalue weighted by Crippen LogP contribution is 2.45. The highest BCUT2D eigenvalue weighted by atomic mass is 15.2. The second-order valence-electron chi connectivity index (χ2n) is 5.20. The molecule has 4 heterocycles. The Hall–Kier alpha value is -1.44. The summed E-state index contributed by atoms with van der Waals surface area (Å²) in [6.07, 6.45) is 2.66. The molecule has 0 saturated carbocycles. The van der Waals surface area contributed by atoms with Crippen LogP contribution in [0.1, 0.15) is 30.0 Å². The molecule has 2 aromatic rings. The van der Waals surface area contributed by atoms with Crippen LogP contribution >= 0.6 is 0 Å². The van der Waals surface area contributed by atoms with Gasteiger partial charge in [0.15, 0.2) is 0 Å². The Morgan fingerprint density at radius 3 is 2.88 bits per heavy atom. The van der Waals surface area contributed by atoms with Gasteiger partial charge in [-0.05, 0) is 31.4 Å². The number of hydrogen-bond acceptors (Lipinski definition) is 1. The van der Waals surface area contributed by atoms with Crippen LogP contribution in [0.15, 0.2) is 18.2 Å². The molecule has 1 fully saturated rings. The van der Waals surface area contributed by atoms with Gasteiger partial charge in [0.25, 0.3) is 0 Å². The van der Waals surface area contributed by atoms with Gasteiger partial charge in [-0.15, -0.1) is 0 Å². The van der Waals surface area contributed by atoms with Crippen molar-refractivity contribution in [2.45, 2.75) is 25.7 Å². The highest BCUT2D eigenvalue weighted by molar-refractivity contribution is 5.96. The van der Waals surface area contributed by atoms with E-state index in [0.29, 0.717) is 0 Å². The molecule has 0 radical (unpaired) electrons. The number of aromatic amines is 1. The van der Waals surface area contributed by atoms with Crippen molar-refractivity contribution in [1.82, 2.24) is 4.98 Å². The van der Waals surface area contributed by atoms with E-state index in [4.69, 9.17) is 0 Å². The molecule has 5 rings (SSSR count). The van der Waals surface area contributed by atoms with Gasteiger partial charge < -0.3 is 9.88 Å². The van der Waals surface area contributed by atoms with E-state index in [-0.39, 0.29) is 0 Å². The molecular formula is C14H16N2. The number of nitrogens with zero attached hydrogens (tertiary/aromatic N) is 1. The quantitative estimate of drug-likeness (QED) is 0.710. The first kappa shape index (κ1) is 8.68. The molecule has 0 aliphatic carbocycles. The number of benzene rings is 1. The first-order valence-corrected chi connectivity index (χ1v) is 6.20. The number of hydrogen-bond donors (Lipinski definition) is 1. The molecule has 2 nitrogen and oxygen atoms in total. The minimum absolute atomic E-state index is 0.785. The summed E-state index contributed by atoms with van der Waals surface area (Å²) in [4.78, 5) is 6.21. The van der Waals surface area contributed by atoms with E-state index >= 15 is 0 Å². The molecule has 1 aromatic heterocycles. The predicted molar refractivity (Wildman–Crippen MR) is 67.2 cm³/mol. The monoisotopic (exact) mass is 212 g/mol. The van der Waals surface area contributed by atoms with Gasteiger partial charge in [-0.1, -0.05) is 12.1 Å². The van der Waals surface area contributed by atoms with Crippen LogP contribution in [0.25, 0.3) is 10.9 Å². The molecule has 2 heteroatoms. The zero-order chi connectivity index (χ0) is 10.7. The molecule has 82 valence electrons. The molecule has 2 bridgehead atoms. The summed E-state index contributed by atoms with van der Waals surface area (Å²) < 4.78 is 0. The topological polar surface area (TPSA) is 19.0 Å². The van der Waals surface area contributed by atoms with Crippen LogP contribution in [0.2, 0.25) is 0 Å². The third kappa shape index (κ3) is 0.972. The fourth-order valence-corrected chi connectivity index (χ4v) is 3.35. The summed E-state index contributed by atoms with van der Waals surface area (Å²) in [5.74, 6) is 0.785. The lowest BCUT2D eigenvalue weighted by atomic mass is 9.87. The molecule has 0 spiro atoms. The average molecular weight is 212 g/mol. The van der Waals surface area contributed by atoms with Crippen LogP contribution in [0, 0.1) is 6.92 Å². The summed E-state index contributed by atoms with van der Waals surface area (Å²) in [7, 11) is 0. The largest absolute Gasteiger partial charge is 0.370 e. The van der Waals surface area contributed by atoms with Crippen LogP contribution in [0.3, 0.4) is 0 Å². The molecule has 3 aliphatic heterocycles. The fraction of sp³-hybridized carbons (Fsp3) is 0.429. The van der Waals surface area contributed by atoms with Gasteiger partial charge in [0.05, 0.1) is 5.69 Å². The van der Waals surface area contributed by atoms with Crippen LogP contribution in [-0.4, -0.2) is 18.1 Å². The minimum Gasteiger partial charge on any atom is -0.370 e. The van der Waals surface area contributed by atoms with Crippen molar-refractivity contribution in [1.29, 1.82) is 0 Å². The Morgan fingerprint density at radius 1 is 1.25 bits per heavy atom. The van der Waals surface area contributed by atoms with Gasteiger partial charge in [0, 0.05) is 35.6 Å². The minimum atomic E-state index is 0.785. The number of H-pyrrole nitrogens is 1. The molecule has 0 amide bonds. The standard InChI is InChI=1S/C14H16N2/c1-9-2-3-11-12(8-9)15-13-10-4-6-16(7-5-10)14(11)13/h2-3,8,10,15H,4-7H2,1H3. The maximum Gasteiger partial charge on any atom is 0.0660 e. The smallest absolute Gasteiger partial charge is 0.0660 e. The zero-order valence-corrected chi connectivity index (χ0v) is 9.59. The lowest BCUT2D eigenvalue weighted by Gasteiger charge is -2.40. The first-order chi connectivity index (χ1) is 7.83. The Bertz CT molecular complexity index is 559. The maximum atomic E-state index is 3.65. The molecule has 1 aromatic carbocycles. The van der Waals surface area contributed by atoms with Crippen molar-refractivity contribution in [2.75, 3.05) is 18.0 Å². The third-order valence-electron chi connectivity index (χ3n) is 4.17. The highest BCUT2D eigenvalue weighted by Gasteiger charge is 2.33. The van der Waals surface area contributed by atoms with Crippen molar-refractivity contribution >= 4 is 16.6 Å². The van der Waals surface area contributed by atoms with Crippen molar-refractivity contribution < 1.29 is 0 Å². The Morgan fingerprint density at radius 2 is 2.06 bits per heavy atom. The van der Waals surface area contributed by atoms with E-state index in [9.17, 15) is 0 Å². The van der Waals surface area contributed by atoms with Gasteiger partial charge >= 0.3 is 0 Å². The average Bonchev–Trinajstić information content (AvgIpc) is 2.70. The summed E-state index contributed by atoms with van der Waals surface area (Å²) in [6, 6.07) is 6.77. The third-order valence-corrected chi connectivity index (χ3v) is 4.17. The van der Waals surface area contributed by atoms with Crippen molar-refractivity contribution in [3.8, 4) is 0 Å². The molecular weight excluding hydrogens is 196 g/mol. The number of nitrogens with one attached hydrogen (secondary N) is 1.